The number of nitriles is 1. The number of anilines is 1. The molecule has 3 aromatic carbocycles. The van der Waals surface area contributed by atoms with Crippen molar-refractivity contribution in [1.82, 2.24) is 5.32 Å². The van der Waals surface area contributed by atoms with Crippen LogP contribution in [0.2, 0.25) is 5.02 Å². The van der Waals surface area contributed by atoms with Crippen LogP contribution in [0.15, 0.2) is 78.9 Å². The van der Waals surface area contributed by atoms with Gasteiger partial charge in [-0.25, -0.2) is 0 Å². The fourth-order valence-corrected chi connectivity index (χ4v) is 3.10. The maximum absolute atomic E-state index is 12.7. The molecule has 0 saturated carbocycles. The highest BCUT2D eigenvalue weighted by atomic mass is 35.5. The average molecular weight is 404 g/mol. The summed E-state index contributed by atoms with van der Waals surface area (Å²) in [4.78, 5) is 25.3. The highest BCUT2D eigenvalue weighted by Gasteiger charge is 2.20. The number of carbonyl (C=O) groups excluding carboxylic acids is 2. The van der Waals surface area contributed by atoms with Crippen molar-refractivity contribution in [1.29, 1.82) is 5.26 Å². The molecular formula is C23H18ClN3O2. The molecule has 0 aliphatic carbocycles. The third-order valence-electron chi connectivity index (χ3n) is 4.29. The Hall–Kier alpha value is -3.62. The Labute approximate surface area is 173 Å². The van der Waals surface area contributed by atoms with Gasteiger partial charge in [0, 0.05) is 5.69 Å². The third kappa shape index (κ3) is 5.44. The second-order valence-electron chi connectivity index (χ2n) is 6.36. The topological polar surface area (TPSA) is 82.0 Å². The van der Waals surface area contributed by atoms with Crippen LogP contribution in [0.25, 0.3) is 0 Å². The summed E-state index contributed by atoms with van der Waals surface area (Å²) in [5, 5.41) is 15.0. The van der Waals surface area contributed by atoms with Crippen molar-refractivity contribution in [2.24, 2.45) is 0 Å². The predicted octanol–water partition coefficient (Wildman–Crippen LogP) is 4.71. The molecule has 0 heterocycles. The van der Waals surface area contributed by atoms with E-state index >= 15 is 0 Å². The lowest BCUT2D eigenvalue weighted by atomic mass is 10.0. The molecule has 0 radical (unpaired) electrons. The highest BCUT2D eigenvalue weighted by Crippen LogP contribution is 2.21. The number of amides is 2. The Morgan fingerprint density at radius 1 is 0.966 bits per heavy atom. The lowest BCUT2D eigenvalue weighted by Gasteiger charge is -2.19. The Bertz CT molecular complexity index is 1060. The van der Waals surface area contributed by atoms with Gasteiger partial charge >= 0.3 is 0 Å². The van der Waals surface area contributed by atoms with Crippen molar-refractivity contribution < 1.29 is 9.59 Å². The van der Waals surface area contributed by atoms with Crippen LogP contribution in [-0.4, -0.2) is 11.8 Å². The highest BCUT2D eigenvalue weighted by molar-refractivity contribution is 6.33. The second kappa shape index (κ2) is 9.54. The molecule has 144 valence electrons. The normalized spacial score (nSPS) is 11.2. The van der Waals surface area contributed by atoms with Gasteiger partial charge in [-0.3, -0.25) is 9.59 Å². The molecule has 6 heteroatoms. The number of hydrogen-bond acceptors (Lipinski definition) is 3. The minimum atomic E-state index is -0.542. The van der Waals surface area contributed by atoms with E-state index in [9.17, 15) is 9.59 Å². The van der Waals surface area contributed by atoms with Gasteiger partial charge in [-0.15, -0.1) is 0 Å². The van der Waals surface area contributed by atoms with E-state index in [-0.39, 0.29) is 18.2 Å². The molecule has 0 spiro atoms. The molecule has 3 rings (SSSR count). The van der Waals surface area contributed by atoms with Gasteiger partial charge in [-0.2, -0.15) is 5.26 Å². The van der Waals surface area contributed by atoms with Crippen LogP contribution in [-0.2, 0) is 4.79 Å². The number of carbonyl (C=O) groups is 2. The Balaban J connectivity index is 1.77. The summed E-state index contributed by atoms with van der Waals surface area (Å²) in [5.74, 6) is -0.642. The standard InChI is InChI=1S/C23H18ClN3O2/c24-20-12-5-4-11-19(20)23(29)27-21(17-8-2-1-3-9-17)14-22(28)26-18-10-6-7-16(13-18)15-25/h1-13,21H,14H2,(H,26,28)(H,27,29). The number of halogens is 1. The molecule has 0 saturated heterocycles. The van der Waals surface area contributed by atoms with E-state index < -0.39 is 6.04 Å². The first kappa shape index (κ1) is 20.1. The molecular weight excluding hydrogens is 386 g/mol. The second-order valence-corrected chi connectivity index (χ2v) is 6.77. The molecule has 1 unspecified atom stereocenters. The van der Waals surface area contributed by atoms with Crippen LogP contribution < -0.4 is 10.6 Å². The first-order valence-corrected chi connectivity index (χ1v) is 9.35. The number of hydrogen-bond donors (Lipinski definition) is 2. The van der Waals surface area contributed by atoms with Gasteiger partial charge in [0.15, 0.2) is 0 Å². The number of nitrogens with zero attached hydrogens (tertiary/aromatic N) is 1. The van der Waals surface area contributed by atoms with E-state index in [1.807, 2.05) is 36.4 Å². The van der Waals surface area contributed by atoms with E-state index in [0.717, 1.165) is 5.56 Å². The van der Waals surface area contributed by atoms with Crippen molar-refractivity contribution in [2.45, 2.75) is 12.5 Å². The molecule has 0 aromatic heterocycles. The zero-order chi connectivity index (χ0) is 20.6. The molecule has 3 aromatic rings. The van der Waals surface area contributed by atoms with Gasteiger partial charge in [0.1, 0.15) is 0 Å². The summed E-state index contributed by atoms with van der Waals surface area (Å²) in [5.41, 5.74) is 2.12. The fourth-order valence-electron chi connectivity index (χ4n) is 2.88. The van der Waals surface area contributed by atoms with Crippen LogP contribution in [0, 0.1) is 11.3 Å². The molecule has 0 fully saturated rings. The lowest BCUT2D eigenvalue weighted by Crippen LogP contribution is -2.31. The van der Waals surface area contributed by atoms with Crippen LogP contribution in [0.3, 0.4) is 0 Å². The summed E-state index contributed by atoms with van der Waals surface area (Å²) in [6, 6.07) is 24.2. The van der Waals surface area contributed by atoms with Crippen LogP contribution in [0.5, 0.6) is 0 Å². The monoisotopic (exact) mass is 403 g/mol. The van der Waals surface area contributed by atoms with Crippen LogP contribution >= 0.6 is 11.6 Å². The van der Waals surface area contributed by atoms with E-state index in [4.69, 9.17) is 16.9 Å². The Kier molecular flexibility index (Phi) is 6.62. The van der Waals surface area contributed by atoms with Crippen molar-refractivity contribution >= 4 is 29.1 Å². The Morgan fingerprint density at radius 2 is 1.69 bits per heavy atom. The molecule has 0 bridgehead atoms. The zero-order valence-corrected chi connectivity index (χ0v) is 16.2. The van der Waals surface area contributed by atoms with Crippen LogP contribution in [0.1, 0.15) is 33.9 Å². The van der Waals surface area contributed by atoms with Gasteiger partial charge in [-0.1, -0.05) is 60.1 Å². The van der Waals surface area contributed by atoms with E-state index in [2.05, 4.69) is 10.6 Å². The summed E-state index contributed by atoms with van der Waals surface area (Å²) in [6.07, 6.45) is 0.0248. The Morgan fingerprint density at radius 3 is 2.41 bits per heavy atom. The van der Waals surface area contributed by atoms with Gasteiger partial charge in [0.05, 0.1) is 34.7 Å². The van der Waals surface area contributed by atoms with Gasteiger partial charge in [-0.05, 0) is 35.9 Å². The molecule has 29 heavy (non-hydrogen) atoms. The lowest BCUT2D eigenvalue weighted by molar-refractivity contribution is -0.116. The van der Waals surface area contributed by atoms with Gasteiger partial charge in [0.25, 0.3) is 5.91 Å². The molecule has 0 aliphatic heterocycles. The molecule has 1 atom stereocenters. The minimum absolute atomic E-state index is 0.0248. The molecule has 2 N–H and O–H groups in total. The van der Waals surface area contributed by atoms with Crippen molar-refractivity contribution in [3.63, 3.8) is 0 Å². The smallest absolute Gasteiger partial charge is 0.253 e. The van der Waals surface area contributed by atoms with E-state index in [1.54, 1.807) is 48.5 Å². The largest absolute Gasteiger partial charge is 0.345 e. The summed E-state index contributed by atoms with van der Waals surface area (Å²) in [6.45, 7) is 0. The van der Waals surface area contributed by atoms with Crippen LogP contribution in [0.4, 0.5) is 5.69 Å². The number of nitrogens with one attached hydrogen (secondary N) is 2. The van der Waals surface area contributed by atoms with Crippen molar-refractivity contribution in [3.8, 4) is 6.07 Å². The maximum Gasteiger partial charge on any atom is 0.253 e. The predicted molar refractivity (Wildman–Crippen MR) is 113 cm³/mol. The van der Waals surface area contributed by atoms with Gasteiger partial charge in [0.2, 0.25) is 5.91 Å². The fraction of sp³-hybridized carbons (Fsp3) is 0.0870. The average Bonchev–Trinajstić information content (AvgIpc) is 2.74. The summed E-state index contributed by atoms with van der Waals surface area (Å²) >= 11 is 6.12. The van der Waals surface area contributed by atoms with Gasteiger partial charge < -0.3 is 10.6 Å². The molecule has 5 nitrogen and oxygen atoms in total. The first-order chi connectivity index (χ1) is 14.1. The van der Waals surface area contributed by atoms with Crippen molar-refractivity contribution in [3.05, 3.63) is 101 Å². The van der Waals surface area contributed by atoms with E-state index in [1.165, 1.54) is 0 Å². The first-order valence-electron chi connectivity index (χ1n) is 8.97. The zero-order valence-electron chi connectivity index (χ0n) is 15.4. The summed E-state index contributed by atoms with van der Waals surface area (Å²) in [7, 11) is 0. The van der Waals surface area contributed by atoms with E-state index in [0.29, 0.717) is 21.8 Å². The molecule has 0 aliphatic rings. The maximum atomic E-state index is 12.7. The number of benzene rings is 3. The number of rotatable bonds is 6. The van der Waals surface area contributed by atoms with Crippen molar-refractivity contribution in [2.75, 3.05) is 5.32 Å². The third-order valence-corrected chi connectivity index (χ3v) is 4.62. The minimum Gasteiger partial charge on any atom is -0.345 e. The molecule has 2 amide bonds. The SMILES string of the molecule is N#Cc1cccc(NC(=O)CC(NC(=O)c2ccccc2Cl)c2ccccc2)c1. The summed E-state index contributed by atoms with van der Waals surface area (Å²) < 4.78 is 0. The quantitative estimate of drug-likeness (QED) is 0.625.